The van der Waals surface area contributed by atoms with Gasteiger partial charge in [-0.1, -0.05) is 30.3 Å². The molecule has 2 aromatic rings. The van der Waals surface area contributed by atoms with Gasteiger partial charge in [-0.25, -0.2) is 9.78 Å². The number of carboxylic acids is 1. The molecule has 0 saturated heterocycles. The first-order valence-electron chi connectivity index (χ1n) is 5.53. The van der Waals surface area contributed by atoms with Gasteiger partial charge in [-0.2, -0.15) is 0 Å². The van der Waals surface area contributed by atoms with Crippen LogP contribution in [0.1, 0.15) is 23.0 Å². The number of carboxylic acid groups (broad SMARTS) is 1. The third-order valence-electron chi connectivity index (χ3n) is 2.81. The fraction of sp³-hybridized carbons (Fsp3) is 0.154. The van der Waals surface area contributed by atoms with E-state index in [1.54, 1.807) is 35.7 Å². The standard InChI is InChI=1S/C13H12N2O3S/c1-13(12(17)18,9-5-3-2-4-6-9)15-11(16)10-7-19-8-14-10/h2-8H,1H3,(H,15,16)(H,17,18). The van der Waals surface area contributed by atoms with Crippen molar-refractivity contribution >= 4 is 23.2 Å². The van der Waals surface area contributed by atoms with E-state index in [1.807, 2.05) is 0 Å². The Hall–Kier alpha value is -2.21. The number of nitrogens with zero attached hydrogens (tertiary/aromatic N) is 1. The summed E-state index contributed by atoms with van der Waals surface area (Å²) in [6.07, 6.45) is 0. The van der Waals surface area contributed by atoms with E-state index in [9.17, 15) is 14.7 Å². The number of aliphatic carboxylic acids is 1. The molecule has 0 radical (unpaired) electrons. The van der Waals surface area contributed by atoms with Crippen LogP contribution in [0.15, 0.2) is 41.2 Å². The number of rotatable bonds is 4. The van der Waals surface area contributed by atoms with Crippen molar-refractivity contribution in [2.45, 2.75) is 12.5 Å². The van der Waals surface area contributed by atoms with Crippen molar-refractivity contribution in [2.24, 2.45) is 0 Å². The summed E-state index contributed by atoms with van der Waals surface area (Å²) in [7, 11) is 0. The van der Waals surface area contributed by atoms with Gasteiger partial charge in [-0.3, -0.25) is 4.79 Å². The fourth-order valence-electron chi connectivity index (χ4n) is 1.64. The molecule has 1 aromatic heterocycles. The molecule has 1 heterocycles. The number of hydrogen-bond donors (Lipinski definition) is 2. The minimum absolute atomic E-state index is 0.216. The lowest BCUT2D eigenvalue weighted by atomic mass is 9.92. The van der Waals surface area contributed by atoms with Gasteiger partial charge < -0.3 is 10.4 Å². The molecule has 0 spiro atoms. The number of aromatic nitrogens is 1. The van der Waals surface area contributed by atoms with Crippen LogP contribution in [0.25, 0.3) is 0 Å². The Morgan fingerprint density at radius 3 is 2.53 bits per heavy atom. The molecule has 1 aromatic carbocycles. The van der Waals surface area contributed by atoms with Crippen LogP contribution in [0.4, 0.5) is 0 Å². The summed E-state index contributed by atoms with van der Waals surface area (Å²) in [6.45, 7) is 1.45. The first-order chi connectivity index (χ1) is 9.04. The first-order valence-corrected chi connectivity index (χ1v) is 6.48. The van der Waals surface area contributed by atoms with Crippen molar-refractivity contribution in [2.75, 3.05) is 0 Å². The van der Waals surface area contributed by atoms with E-state index in [-0.39, 0.29) is 5.69 Å². The van der Waals surface area contributed by atoms with Crippen molar-refractivity contribution in [1.82, 2.24) is 10.3 Å². The van der Waals surface area contributed by atoms with Crippen molar-refractivity contribution in [3.8, 4) is 0 Å². The Balaban J connectivity index is 2.31. The molecule has 0 bridgehead atoms. The van der Waals surface area contributed by atoms with Gasteiger partial charge in [0.05, 0.1) is 5.51 Å². The number of carbonyl (C=O) groups excluding carboxylic acids is 1. The first kappa shape index (κ1) is 13.2. The maximum Gasteiger partial charge on any atom is 0.333 e. The number of hydrogen-bond acceptors (Lipinski definition) is 4. The highest BCUT2D eigenvalue weighted by Gasteiger charge is 2.37. The summed E-state index contributed by atoms with van der Waals surface area (Å²) < 4.78 is 0. The lowest BCUT2D eigenvalue weighted by molar-refractivity contribution is -0.144. The molecule has 19 heavy (non-hydrogen) atoms. The van der Waals surface area contributed by atoms with Crippen LogP contribution in [-0.4, -0.2) is 22.0 Å². The average Bonchev–Trinajstić information content (AvgIpc) is 2.93. The summed E-state index contributed by atoms with van der Waals surface area (Å²) in [5.74, 6) is -1.63. The van der Waals surface area contributed by atoms with Crippen LogP contribution in [0.2, 0.25) is 0 Å². The summed E-state index contributed by atoms with van der Waals surface area (Å²) in [6, 6.07) is 8.57. The van der Waals surface area contributed by atoms with E-state index in [2.05, 4.69) is 10.3 Å². The Bertz CT molecular complexity index is 583. The van der Waals surface area contributed by atoms with Crippen LogP contribution in [0, 0.1) is 0 Å². The second-order valence-electron chi connectivity index (χ2n) is 4.12. The fourth-order valence-corrected chi connectivity index (χ4v) is 2.17. The van der Waals surface area contributed by atoms with Gasteiger partial charge in [-0.15, -0.1) is 11.3 Å². The Morgan fingerprint density at radius 1 is 1.32 bits per heavy atom. The highest BCUT2D eigenvalue weighted by molar-refractivity contribution is 7.07. The third-order valence-corrected chi connectivity index (χ3v) is 3.39. The summed E-state index contributed by atoms with van der Waals surface area (Å²) >= 11 is 1.28. The van der Waals surface area contributed by atoms with Gasteiger partial charge >= 0.3 is 5.97 Å². The predicted octanol–water partition coefficient (Wildman–Crippen LogP) is 1.87. The average molecular weight is 276 g/mol. The van der Waals surface area contributed by atoms with Crippen molar-refractivity contribution < 1.29 is 14.7 Å². The monoisotopic (exact) mass is 276 g/mol. The zero-order valence-electron chi connectivity index (χ0n) is 10.2. The number of nitrogens with one attached hydrogen (secondary N) is 1. The van der Waals surface area contributed by atoms with Crippen molar-refractivity contribution in [3.63, 3.8) is 0 Å². The van der Waals surface area contributed by atoms with Gasteiger partial charge in [0.15, 0.2) is 5.54 Å². The number of carbonyl (C=O) groups is 2. The highest BCUT2D eigenvalue weighted by Crippen LogP contribution is 2.21. The van der Waals surface area contributed by atoms with E-state index in [4.69, 9.17) is 0 Å². The van der Waals surface area contributed by atoms with E-state index in [0.29, 0.717) is 5.56 Å². The van der Waals surface area contributed by atoms with E-state index >= 15 is 0 Å². The van der Waals surface area contributed by atoms with Gasteiger partial charge in [0.25, 0.3) is 5.91 Å². The number of thiazole rings is 1. The zero-order chi connectivity index (χ0) is 13.9. The Morgan fingerprint density at radius 2 is 2.00 bits per heavy atom. The minimum atomic E-state index is -1.48. The topological polar surface area (TPSA) is 79.3 Å². The molecule has 1 unspecified atom stereocenters. The third kappa shape index (κ3) is 2.63. The molecule has 0 aliphatic heterocycles. The quantitative estimate of drug-likeness (QED) is 0.893. The van der Waals surface area contributed by atoms with Crippen LogP contribution in [-0.2, 0) is 10.3 Å². The molecule has 0 aliphatic rings. The van der Waals surface area contributed by atoms with Crippen molar-refractivity contribution in [1.29, 1.82) is 0 Å². The molecule has 6 heteroatoms. The number of amides is 1. The molecule has 0 aliphatic carbocycles. The zero-order valence-corrected chi connectivity index (χ0v) is 11.0. The molecule has 0 saturated carbocycles. The van der Waals surface area contributed by atoms with Crippen LogP contribution in [0.5, 0.6) is 0 Å². The summed E-state index contributed by atoms with van der Waals surface area (Å²) in [5.41, 5.74) is 0.761. The van der Waals surface area contributed by atoms with Crippen molar-refractivity contribution in [3.05, 3.63) is 52.5 Å². The normalized spacial score (nSPS) is 13.5. The second kappa shape index (κ2) is 5.19. The molecule has 2 N–H and O–H groups in total. The maximum atomic E-state index is 12.0. The van der Waals surface area contributed by atoms with Crippen LogP contribution in [0.3, 0.4) is 0 Å². The van der Waals surface area contributed by atoms with Gasteiger partial charge in [0.1, 0.15) is 5.69 Å². The Labute approximate surface area is 113 Å². The summed E-state index contributed by atoms with van der Waals surface area (Å²) in [4.78, 5) is 27.3. The molecule has 5 nitrogen and oxygen atoms in total. The van der Waals surface area contributed by atoms with E-state index in [1.165, 1.54) is 23.8 Å². The molecule has 0 fully saturated rings. The largest absolute Gasteiger partial charge is 0.479 e. The van der Waals surface area contributed by atoms with E-state index in [0.717, 1.165) is 0 Å². The SMILES string of the molecule is CC(NC(=O)c1cscn1)(C(=O)O)c1ccccc1. The van der Waals surface area contributed by atoms with Crippen LogP contribution < -0.4 is 5.32 Å². The van der Waals surface area contributed by atoms with Gasteiger partial charge in [-0.05, 0) is 12.5 Å². The maximum absolute atomic E-state index is 12.0. The minimum Gasteiger partial charge on any atom is -0.479 e. The van der Waals surface area contributed by atoms with E-state index < -0.39 is 17.4 Å². The smallest absolute Gasteiger partial charge is 0.333 e. The molecular formula is C13H12N2O3S. The van der Waals surface area contributed by atoms with Crippen LogP contribution >= 0.6 is 11.3 Å². The Kier molecular flexibility index (Phi) is 3.62. The lowest BCUT2D eigenvalue weighted by Gasteiger charge is -2.26. The van der Waals surface area contributed by atoms with Gasteiger partial charge in [0.2, 0.25) is 0 Å². The summed E-state index contributed by atoms with van der Waals surface area (Å²) in [5, 5.41) is 13.5. The second-order valence-corrected chi connectivity index (χ2v) is 4.84. The molecule has 98 valence electrons. The molecular weight excluding hydrogens is 264 g/mol. The lowest BCUT2D eigenvalue weighted by Crippen LogP contribution is -2.49. The molecule has 2 rings (SSSR count). The highest BCUT2D eigenvalue weighted by atomic mass is 32.1. The molecule has 1 atom stereocenters. The predicted molar refractivity (Wildman–Crippen MR) is 71.0 cm³/mol. The number of benzene rings is 1. The van der Waals surface area contributed by atoms with Gasteiger partial charge in [0, 0.05) is 5.38 Å². The molecule has 1 amide bonds.